The van der Waals surface area contributed by atoms with Crippen LogP contribution < -0.4 is 18.9 Å². The summed E-state index contributed by atoms with van der Waals surface area (Å²) >= 11 is 0. The molecule has 0 aliphatic heterocycles. The number of hydrogen-bond donors (Lipinski definition) is 0. The highest BCUT2D eigenvalue weighted by molar-refractivity contribution is 6.02. The first-order valence-electron chi connectivity index (χ1n) is 8.15. The van der Waals surface area contributed by atoms with Crippen LogP contribution in [0.5, 0.6) is 23.0 Å². The summed E-state index contributed by atoms with van der Waals surface area (Å²) in [7, 11) is 5.86. The van der Waals surface area contributed by atoms with Crippen molar-refractivity contribution in [3.8, 4) is 23.0 Å². The molecular weight excluding hydrogens is 352 g/mol. The lowest BCUT2D eigenvalue weighted by Gasteiger charge is -2.17. The number of esters is 1. The Morgan fingerprint density at radius 3 is 1.93 bits per heavy atom. The number of benzene rings is 2. The van der Waals surface area contributed by atoms with Crippen molar-refractivity contribution in [1.82, 2.24) is 0 Å². The van der Waals surface area contributed by atoms with Crippen LogP contribution in [0.15, 0.2) is 36.4 Å². The molecule has 144 valence electrons. The van der Waals surface area contributed by atoms with Crippen molar-refractivity contribution in [2.24, 2.45) is 0 Å². The fourth-order valence-corrected chi connectivity index (χ4v) is 2.53. The monoisotopic (exact) mass is 374 g/mol. The van der Waals surface area contributed by atoms with E-state index in [9.17, 15) is 9.59 Å². The van der Waals surface area contributed by atoms with Gasteiger partial charge in [-0.25, -0.2) is 4.79 Å². The smallest absolute Gasteiger partial charge is 0.342 e. The van der Waals surface area contributed by atoms with Crippen molar-refractivity contribution in [2.75, 3.05) is 28.4 Å². The van der Waals surface area contributed by atoms with Crippen LogP contribution in [0.4, 0.5) is 0 Å². The zero-order chi connectivity index (χ0) is 20.0. The van der Waals surface area contributed by atoms with Gasteiger partial charge in [0, 0.05) is 5.56 Å². The SMILES string of the molecule is COc1ccc(C(=O)[C@@H](C)OC(=O)c2ccc(OC)c(OC)c2OC)cc1. The van der Waals surface area contributed by atoms with Crippen LogP contribution in [-0.2, 0) is 4.74 Å². The van der Waals surface area contributed by atoms with Crippen LogP contribution >= 0.6 is 0 Å². The van der Waals surface area contributed by atoms with Crippen LogP contribution in [0.3, 0.4) is 0 Å². The van der Waals surface area contributed by atoms with E-state index in [1.807, 2.05) is 0 Å². The molecule has 0 unspecified atom stereocenters. The highest BCUT2D eigenvalue weighted by Gasteiger charge is 2.25. The largest absolute Gasteiger partial charge is 0.497 e. The number of Topliss-reactive ketones (excluding diaryl/α,β-unsaturated/α-hetero) is 1. The molecule has 0 N–H and O–H groups in total. The third-order valence-electron chi connectivity index (χ3n) is 3.95. The summed E-state index contributed by atoms with van der Waals surface area (Å²) < 4.78 is 26.1. The molecule has 0 aromatic heterocycles. The molecule has 2 rings (SSSR count). The number of carbonyl (C=O) groups is 2. The summed E-state index contributed by atoms with van der Waals surface area (Å²) in [5, 5.41) is 0. The van der Waals surface area contributed by atoms with Gasteiger partial charge < -0.3 is 23.7 Å². The zero-order valence-electron chi connectivity index (χ0n) is 15.9. The van der Waals surface area contributed by atoms with Gasteiger partial charge >= 0.3 is 5.97 Å². The molecule has 0 aliphatic rings. The summed E-state index contributed by atoms with van der Waals surface area (Å²) in [5.74, 6) is 0.446. The van der Waals surface area contributed by atoms with Crippen molar-refractivity contribution in [3.05, 3.63) is 47.5 Å². The molecule has 0 amide bonds. The maximum absolute atomic E-state index is 12.6. The second-order valence-electron chi connectivity index (χ2n) is 5.52. The van der Waals surface area contributed by atoms with Crippen LogP contribution in [-0.4, -0.2) is 46.3 Å². The van der Waals surface area contributed by atoms with E-state index in [2.05, 4.69) is 0 Å². The number of carbonyl (C=O) groups excluding carboxylic acids is 2. The van der Waals surface area contributed by atoms with Gasteiger partial charge in [-0.05, 0) is 43.3 Å². The maximum atomic E-state index is 12.6. The molecule has 1 atom stereocenters. The minimum absolute atomic E-state index is 0.129. The molecule has 7 heteroatoms. The van der Waals surface area contributed by atoms with Gasteiger partial charge in [-0.15, -0.1) is 0 Å². The lowest BCUT2D eigenvalue weighted by molar-refractivity contribution is 0.0315. The first-order chi connectivity index (χ1) is 13.0. The molecule has 7 nitrogen and oxygen atoms in total. The van der Waals surface area contributed by atoms with Crippen molar-refractivity contribution in [1.29, 1.82) is 0 Å². The van der Waals surface area contributed by atoms with Gasteiger partial charge in [0.2, 0.25) is 11.5 Å². The molecule has 0 fully saturated rings. The van der Waals surface area contributed by atoms with Crippen molar-refractivity contribution >= 4 is 11.8 Å². The predicted octanol–water partition coefficient (Wildman–Crippen LogP) is 3.15. The summed E-state index contributed by atoms with van der Waals surface area (Å²) in [6.07, 6.45) is -0.983. The molecule has 0 saturated carbocycles. The summed E-state index contributed by atoms with van der Waals surface area (Å²) in [4.78, 5) is 25.1. The highest BCUT2D eigenvalue weighted by Crippen LogP contribution is 2.40. The van der Waals surface area contributed by atoms with Crippen LogP contribution in [0.2, 0.25) is 0 Å². The van der Waals surface area contributed by atoms with E-state index in [1.165, 1.54) is 41.4 Å². The van der Waals surface area contributed by atoms with Crippen molar-refractivity contribution in [2.45, 2.75) is 13.0 Å². The Hall–Kier alpha value is -3.22. The van der Waals surface area contributed by atoms with Gasteiger partial charge in [0.05, 0.1) is 28.4 Å². The molecule has 0 aliphatic carbocycles. The second kappa shape index (κ2) is 8.93. The molecular formula is C20H22O7. The Morgan fingerprint density at radius 1 is 0.778 bits per heavy atom. The lowest BCUT2D eigenvalue weighted by Crippen LogP contribution is -2.24. The number of ether oxygens (including phenoxy) is 5. The van der Waals surface area contributed by atoms with Crippen LogP contribution in [0, 0.1) is 0 Å². The maximum Gasteiger partial charge on any atom is 0.342 e. The Balaban J connectivity index is 2.21. The third-order valence-corrected chi connectivity index (χ3v) is 3.95. The Kier molecular flexibility index (Phi) is 6.65. The second-order valence-corrected chi connectivity index (χ2v) is 5.52. The third kappa shape index (κ3) is 4.31. The van der Waals surface area contributed by atoms with E-state index >= 15 is 0 Å². The molecule has 2 aromatic carbocycles. The number of hydrogen-bond acceptors (Lipinski definition) is 7. The Labute approximate surface area is 157 Å². The standard InChI is InChI=1S/C20H22O7/c1-12(17(21)13-6-8-14(23-2)9-7-13)27-20(22)15-10-11-16(24-3)19(26-5)18(15)25-4/h6-12H,1-5H3/t12-/m1/s1. The molecule has 0 radical (unpaired) electrons. The average molecular weight is 374 g/mol. The van der Waals surface area contributed by atoms with Crippen LogP contribution in [0.25, 0.3) is 0 Å². The van der Waals surface area contributed by atoms with Crippen molar-refractivity contribution < 1.29 is 33.3 Å². The molecule has 0 spiro atoms. The minimum Gasteiger partial charge on any atom is -0.497 e. The van der Waals surface area contributed by atoms with Gasteiger partial charge in [0.25, 0.3) is 0 Å². The normalized spacial score (nSPS) is 11.3. The zero-order valence-corrected chi connectivity index (χ0v) is 15.9. The van der Waals surface area contributed by atoms with E-state index in [4.69, 9.17) is 23.7 Å². The first kappa shape index (κ1) is 20.1. The molecule has 2 aromatic rings. The van der Waals surface area contributed by atoms with E-state index in [0.29, 0.717) is 17.1 Å². The fourth-order valence-electron chi connectivity index (χ4n) is 2.53. The van der Waals surface area contributed by atoms with Gasteiger partial charge in [-0.1, -0.05) is 0 Å². The molecule has 0 saturated heterocycles. The van der Waals surface area contributed by atoms with Gasteiger partial charge in [0.15, 0.2) is 17.6 Å². The molecule has 0 heterocycles. The topological polar surface area (TPSA) is 80.3 Å². The summed E-state index contributed by atoms with van der Waals surface area (Å²) in [6.45, 7) is 1.51. The predicted molar refractivity (Wildman–Crippen MR) is 98.3 cm³/mol. The highest BCUT2D eigenvalue weighted by atomic mass is 16.6. The molecule has 27 heavy (non-hydrogen) atoms. The Morgan fingerprint density at radius 2 is 1.41 bits per heavy atom. The number of methoxy groups -OCH3 is 4. The van der Waals surface area contributed by atoms with Gasteiger partial charge in [-0.3, -0.25) is 4.79 Å². The average Bonchev–Trinajstić information content (AvgIpc) is 2.71. The first-order valence-corrected chi connectivity index (χ1v) is 8.15. The van der Waals surface area contributed by atoms with Gasteiger partial charge in [-0.2, -0.15) is 0 Å². The van der Waals surface area contributed by atoms with E-state index in [1.54, 1.807) is 30.3 Å². The minimum atomic E-state index is -0.983. The Bertz CT molecular complexity index is 812. The van der Waals surface area contributed by atoms with E-state index in [0.717, 1.165) is 0 Å². The van der Waals surface area contributed by atoms with Crippen LogP contribution in [0.1, 0.15) is 27.6 Å². The molecule has 0 bridgehead atoms. The van der Waals surface area contributed by atoms with E-state index < -0.39 is 12.1 Å². The number of ketones is 1. The fraction of sp³-hybridized carbons (Fsp3) is 0.300. The van der Waals surface area contributed by atoms with Crippen molar-refractivity contribution in [3.63, 3.8) is 0 Å². The van der Waals surface area contributed by atoms with Gasteiger partial charge in [0.1, 0.15) is 11.3 Å². The lowest BCUT2D eigenvalue weighted by atomic mass is 10.1. The quantitative estimate of drug-likeness (QED) is 0.519. The van der Waals surface area contributed by atoms with E-state index in [-0.39, 0.29) is 22.8 Å². The summed E-state index contributed by atoms with van der Waals surface area (Å²) in [6, 6.07) is 9.62. The number of rotatable bonds is 8. The summed E-state index contributed by atoms with van der Waals surface area (Å²) in [5.41, 5.74) is 0.542.